The number of anilines is 1. The molecule has 4 N–H and O–H groups in total. The van der Waals surface area contributed by atoms with Crippen molar-refractivity contribution in [2.45, 2.75) is 24.5 Å². The summed E-state index contributed by atoms with van der Waals surface area (Å²) in [5.41, 5.74) is 4.92. The number of aromatic nitrogens is 3. The van der Waals surface area contributed by atoms with Gasteiger partial charge in [-0.1, -0.05) is 0 Å². The van der Waals surface area contributed by atoms with E-state index in [1.165, 1.54) is 30.7 Å². The predicted molar refractivity (Wildman–Crippen MR) is 83.4 cm³/mol. The number of esters is 1. The molecule has 4 atom stereocenters. The molecule has 0 aromatic carbocycles. The van der Waals surface area contributed by atoms with Gasteiger partial charge in [-0.2, -0.15) is 4.98 Å². The molecule has 3 heterocycles. The van der Waals surface area contributed by atoms with E-state index in [-0.39, 0.29) is 18.0 Å². The Bertz CT molecular complexity index is 811. The third-order valence-corrected chi connectivity index (χ3v) is 3.74. The third-order valence-electron chi connectivity index (χ3n) is 3.74. The molecule has 25 heavy (non-hydrogen) atoms. The maximum absolute atomic E-state index is 11.9. The lowest BCUT2D eigenvalue weighted by Gasteiger charge is -2.16. The average Bonchev–Trinajstić information content (AvgIpc) is 2.89. The average molecular weight is 348 g/mol. The van der Waals surface area contributed by atoms with Gasteiger partial charge in [0.1, 0.15) is 30.7 Å². The van der Waals surface area contributed by atoms with Gasteiger partial charge < -0.3 is 25.4 Å². The molecule has 10 nitrogen and oxygen atoms in total. The molecule has 0 saturated carbocycles. The van der Waals surface area contributed by atoms with Crippen LogP contribution in [0.2, 0.25) is 0 Å². The van der Waals surface area contributed by atoms with Crippen LogP contribution in [0, 0.1) is 0 Å². The summed E-state index contributed by atoms with van der Waals surface area (Å²) in [5, 5.41) is 20.2. The van der Waals surface area contributed by atoms with Gasteiger partial charge in [-0.15, -0.1) is 0 Å². The molecule has 10 heteroatoms. The molecule has 132 valence electrons. The molecular formula is C15H16N4O6. The van der Waals surface area contributed by atoms with Crippen LogP contribution in [0.1, 0.15) is 16.6 Å². The number of rotatable bonds is 4. The van der Waals surface area contributed by atoms with E-state index in [0.717, 1.165) is 4.57 Å². The summed E-state index contributed by atoms with van der Waals surface area (Å²) >= 11 is 0. The van der Waals surface area contributed by atoms with Gasteiger partial charge in [0.05, 0.1) is 5.56 Å². The summed E-state index contributed by atoms with van der Waals surface area (Å²) in [4.78, 5) is 31.1. The lowest BCUT2D eigenvalue weighted by atomic mass is 10.1. The smallest absolute Gasteiger partial charge is 0.351 e. The fourth-order valence-corrected chi connectivity index (χ4v) is 2.44. The van der Waals surface area contributed by atoms with Crippen molar-refractivity contribution in [1.29, 1.82) is 0 Å². The van der Waals surface area contributed by atoms with Gasteiger partial charge in [-0.3, -0.25) is 9.55 Å². The van der Waals surface area contributed by atoms with E-state index < -0.39 is 36.2 Å². The summed E-state index contributed by atoms with van der Waals surface area (Å²) < 4.78 is 11.5. The zero-order chi connectivity index (χ0) is 18.0. The third kappa shape index (κ3) is 3.50. The van der Waals surface area contributed by atoms with Crippen molar-refractivity contribution < 1.29 is 24.5 Å². The Labute approximate surface area is 141 Å². The summed E-state index contributed by atoms with van der Waals surface area (Å²) in [6, 6.07) is 4.47. The van der Waals surface area contributed by atoms with E-state index in [2.05, 4.69) is 9.97 Å². The van der Waals surface area contributed by atoms with E-state index in [1.54, 1.807) is 6.07 Å². The summed E-state index contributed by atoms with van der Waals surface area (Å²) in [5.74, 6) is -0.621. The number of aliphatic hydroxyl groups excluding tert-OH is 2. The molecule has 0 amide bonds. The molecule has 1 aliphatic heterocycles. The number of carbonyl (C=O) groups excluding carboxylic acids is 1. The second-order valence-corrected chi connectivity index (χ2v) is 5.43. The SMILES string of the molecule is Nc1ccn(C2OC(COC(=O)c3cccnc3)C(O)C2O)c(=O)n1. The molecule has 1 aliphatic rings. The summed E-state index contributed by atoms with van der Waals surface area (Å²) in [7, 11) is 0. The Morgan fingerprint density at radius 3 is 2.84 bits per heavy atom. The van der Waals surface area contributed by atoms with Crippen molar-refractivity contribution in [2.24, 2.45) is 0 Å². The molecule has 0 aliphatic carbocycles. The second-order valence-electron chi connectivity index (χ2n) is 5.43. The Balaban J connectivity index is 1.68. The van der Waals surface area contributed by atoms with Gasteiger partial charge in [-0.25, -0.2) is 9.59 Å². The minimum Gasteiger partial charge on any atom is -0.459 e. The highest BCUT2D eigenvalue weighted by molar-refractivity contribution is 5.88. The highest BCUT2D eigenvalue weighted by atomic mass is 16.6. The number of hydrogen-bond acceptors (Lipinski definition) is 9. The van der Waals surface area contributed by atoms with Crippen LogP contribution in [0.25, 0.3) is 0 Å². The lowest BCUT2D eigenvalue weighted by molar-refractivity contribution is -0.0598. The highest BCUT2D eigenvalue weighted by Crippen LogP contribution is 2.28. The van der Waals surface area contributed by atoms with Crippen LogP contribution in [0.5, 0.6) is 0 Å². The topological polar surface area (TPSA) is 150 Å². The molecule has 1 saturated heterocycles. The zero-order valence-corrected chi connectivity index (χ0v) is 12.9. The maximum atomic E-state index is 11.9. The van der Waals surface area contributed by atoms with Crippen LogP contribution in [-0.4, -0.2) is 55.6 Å². The first-order valence-electron chi connectivity index (χ1n) is 7.41. The second kappa shape index (κ2) is 6.97. The number of nitrogens with zero attached hydrogens (tertiary/aromatic N) is 3. The van der Waals surface area contributed by atoms with Crippen molar-refractivity contribution in [3.05, 3.63) is 52.8 Å². The van der Waals surface area contributed by atoms with E-state index in [4.69, 9.17) is 15.2 Å². The summed E-state index contributed by atoms with van der Waals surface area (Å²) in [6.45, 7) is -0.306. The van der Waals surface area contributed by atoms with Gasteiger partial charge >= 0.3 is 11.7 Å². The Morgan fingerprint density at radius 2 is 2.16 bits per heavy atom. The fraction of sp³-hybridized carbons (Fsp3) is 0.333. The molecule has 4 unspecified atom stereocenters. The van der Waals surface area contributed by atoms with Crippen LogP contribution in [-0.2, 0) is 9.47 Å². The molecule has 3 rings (SSSR count). The van der Waals surface area contributed by atoms with Crippen molar-refractivity contribution in [1.82, 2.24) is 14.5 Å². The van der Waals surface area contributed by atoms with Crippen molar-refractivity contribution in [3.8, 4) is 0 Å². The molecule has 0 spiro atoms. The first-order chi connectivity index (χ1) is 12.0. The summed E-state index contributed by atoms with van der Waals surface area (Å²) in [6.07, 6.45) is -0.773. The molecule has 2 aromatic heterocycles. The van der Waals surface area contributed by atoms with Crippen molar-refractivity contribution in [2.75, 3.05) is 12.3 Å². The Kier molecular flexibility index (Phi) is 4.74. The van der Waals surface area contributed by atoms with Crippen LogP contribution < -0.4 is 11.4 Å². The number of carbonyl (C=O) groups is 1. The van der Waals surface area contributed by atoms with Crippen molar-refractivity contribution >= 4 is 11.8 Å². The Morgan fingerprint density at radius 1 is 1.36 bits per heavy atom. The van der Waals surface area contributed by atoms with Crippen LogP contribution in [0.3, 0.4) is 0 Å². The number of pyridine rings is 1. The fourth-order valence-electron chi connectivity index (χ4n) is 2.44. The Hall–Kier alpha value is -2.82. The first kappa shape index (κ1) is 17.0. The zero-order valence-electron chi connectivity index (χ0n) is 12.9. The lowest BCUT2D eigenvalue weighted by Crippen LogP contribution is -2.36. The van der Waals surface area contributed by atoms with Gasteiger partial charge in [0.15, 0.2) is 6.23 Å². The van der Waals surface area contributed by atoms with Crippen LogP contribution in [0.4, 0.5) is 5.82 Å². The molecule has 0 radical (unpaired) electrons. The minimum atomic E-state index is -1.40. The van der Waals surface area contributed by atoms with E-state index in [9.17, 15) is 19.8 Å². The molecule has 2 aromatic rings. The quantitative estimate of drug-likeness (QED) is 0.573. The van der Waals surface area contributed by atoms with Crippen LogP contribution >= 0.6 is 0 Å². The maximum Gasteiger partial charge on any atom is 0.351 e. The standard InChI is InChI=1S/C15H16N4O6/c16-10-3-5-19(15(23)18-10)13-12(21)11(20)9(25-13)7-24-14(22)8-2-1-4-17-6-8/h1-6,9,11-13,20-21H,7H2,(H2,16,18,23). The van der Waals surface area contributed by atoms with Crippen molar-refractivity contribution in [3.63, 3.8) is 0 Å². The number of nitrogens with two attached hydrogens (primary N) is 1. The van der Waals surface area contributed by atoms with E-state index in [1.807, 2.05) is 0 Å². The van der Waals surface area contributed by atoms with Gasteiger partial charge in [0, 0.05) is 18.6 Å². The monoisotopic (exact) mass is 348 g/mol. The van der Waals surface area contributed by atoms with Gasteiger partial charge in [0.25, 0.3) is 0 Å². The number of nitrogen functional groups attached to an aromatic ring is 1. The van der Waals surface area contributed by atoms with E-state index in [0.29, 0.717) is 0 Å². The molecular weight excluding hydrogens is 332 g/mol. The number of aliphatic hydroxyl groups is 2. The predicted octanol–water partition coefficient (Wildman–Crippen LogP) is -1.30. The van der Waals surface area contributed by atoms with Crippen LogP contribution in [0.15, 0.2) is 41.6 Å². The minimum absolute atomic E-state index is 0.0243. The normalized spacial score (nSPS) is 25.7. The van der Waals surface area contributed by atoms with Gasteiger partial charge in [0.2, 0.25) is 0 Å². The van der Waals surface area contributed by atoms with Gasteiger partial charge in [-0.05, 0) is 18.2 Å². The van der Waals surface area contributed by atoms with E-state index >= 15 is 0 Å². The number of hydrogen-bond donors (Lipinski definition) is 3. The largest absolute Gasteiger partial charge is 0.459 e. The highest BCUT2D eigenvalue weighted by Gasteiger charge is 2.44. The molecule has 0 bridgehead atoms. The number of ether oxygens (including phenoxy) is 2. The first-order valence-corrected chi connectivity index (χ1v) is 7.41. The molecule has 1 fully saturated rings.